The van der Waals surface area contributed by atoms with E-state index in [-0.39, 0.29) is 109 Å². The predicted molar refractivity (Wildman–Crippen MR) is 17.3 cm³/mol. The van der Waals surface area contributed by atoms with E-state index in [2.05, 4.69) is 0 Å². The van der Waals surface area contributed by atoms with Crippen molar-refractivity contribution in [1.29, 1.82) is 0 Å². The molecule has 0 aliphatic heterocycles. The van der Waals surface area contributed by atoms with E-state index in [1.165, 1.54) is 0 Å². The van der Waals surface area contributed by atoms with Gasteiger partial charge in [0.2, 0.25) is 0 Å². The van der Waals surface area contributed by atoms with Gasteiger partial charge in [0.1, 0.15) is 0 Å². The van der Waals surface area contributed by atoms with E-state index in [9.17, 15) is 0 Å². The molecule has 0 aromatic heterocycles. The van der Waals surface area contributed by atoms with Crippen LogP contribution in [0, 0.1) is 0 Å². The molecule has 5 heteroatoms. The average Bonchev–Trinajstić information content (AvgIpc) is 0. The van der Waals surface area contributed by atoms with E-state index >= 15 is 0 Å². The van der Waals surface area contributed by atoms with Crippen molar-refractivity contribution in [2.45, 2.75) is 0 Å². The van der Waals surface area contributed by atoms with Gasteiger partial charge in [-0.05, 0) is 0 Å². The second kappa shape index (κ2) is 25.7. The molecule has 0 saturated carbocycles. The maximum Gasteiger partial charge on any atom is 0 e. The van der Waals surface area contributed by atoms with Crippen LogP contribution < -0.4 is 0 Å². The zero-order valence-corrected chi connectivity index (χ0v) is 13.0. The zero-order valence-electron chi connectivity index (χ0n) is 2.05. The van der Waals surface area contributed by atoms with E-state index in [0.717, 1.165) is 0 Å². The Balaban J connectivity index is 0. The SMILES string of the molecule is [Bi].[Cu].[Fe].[Sb].[Sn]. The molecular formula is BiCuFeSbSn. The summed E-state index contributed by atoms with van der Waals surface area (Å²) in [6.45, 7) is 0. The first kappa shape index (κ1) is 38.8. The van der Waals surface area contributed by atoms with Crippen LogP contribution in [0.15, 0.2) is 0 Å². The van der Waals surface area contributed by atoms with Crippen LogP contribution in [0.25, 0.3) is 0 Å². The minimum absolute atomic E-state index is 0. The molecule has 5 heavy (non-hydrogen) atoms. The first-order valence-corrected chi connectivity index (χ1v) is 0. The standard InChI is InChI=1S/Bi.Cu.Fe.Sb.Sn. The molecule has 11 radical (unpaired) electrons. The minimum Gasteiger partial charge on any atom is 0 e. The van der Waals surface area contributed by atoms with Gasteiger partial charge >= 0.3 is 0 Å². The zero-order chi connectivity index (χ0) is 0. The van der Waals surface area contributed by atoms with Gasteiger partial charge in [0.05, 0.1) is 0 Å². The Labute approximate surface area is 106 Å². The fraction of sp³-hybridized carbons (Fsp3) is 0. The third-order valence-electron chi connectivity index (χ3n) is 0. The van der Waals surface area contributed by atoms with Crippen LogP contribution in [-0.4, -0.2) is 74.5 Å². The van der Waals surface area contributed by atoms with Gasteiger partial charge in [-0.1, -0.05) is 0 Å². The van der Waals surface area contributed by atoms with E-state index in [1.807, 2.05) is 0 Å². The van der Waals surface area contributed by atoms with Crippen molar-refractivity contribution in [3.8, 4) is 0 Å². The Morgan fingerprint density at radius 2 is 1.00 bits per heavy atom. The van der Waals surface area contributed by atoms with Crippen LogP contribution in [0.4, 0.5) is 0 Å². The molecule has 0 aliphatic carbocycles. The molecule has 0 aromatic rings. The van der Waals surface area contributed by atoms with E-state index in [1.54, 1.807) is 0 Å². The Morgan fingerprint density at radius 1 is 1.00 bits per heavy atom. The van der Waals surface area contributed by atoms with Crippen molar-refractivity contribution in [2.75, 3.05) is 0 Å². The molecule has 0 fully saturated rings. The van der Waals surface area contributed by atoms with Crippen LogP contribution in [0.1, 0.15) is 0 Å². The molecule has 0 aliphatic rings. The van der Waals surface area contributed by atoms with Crippen molar-refractivity contribution >= 4 is 74.5 Å². The van der Waals surface area contributed by atoms with E-state index in [4.69, 9.17) is 0 Å². The van der Waals surface area contributed by atoms with Crippen LogP contribution in [0.3, 0.4) is 0 Å². The molecule has 0 heterocycles. The third kappa shape index (κ3) is 18.5. The monoisotopic (exact) mass is 569 g/mol. The Kier molecular flexibility index (Phi) is 199. The summed E-state index contributed by atoms with van der Waals surface area (Å²) in [4.78, 5) is 0. The molecular weight excluding hydrogens is 569 g/mol. The summed E-state index contributed by atoms with van der Waals surface area (Å²) < 4.78 is 0. The first-order valence-electron chi connectivity index (χ1n) is 0. The van der Waals surface area contributed by atoms with E-state index in [0.29, 0.717) is 0 Å². The van der Waals surface area contributed by atoms with Gasteiger partial charge in [-0.15, -0.1) is 0 Å². The predicted octanol–water partition coefficient (Wildman–Crippen LogP) is -1.15. The molecule has 0 spiro atoms. The fourth-order valence-corrected chi connectivity index (χ4v) is 0. The Morgan fingerprint density at radius 3 is 1.00 bits per heavy atom. The molecule has 33 valence electrons. The van der Waals surface area contributed by atoms with Gasteiger partial charge in [0, 0.05) is 109 Å². The number of hydrogen-bond donors (Lipinski definition) is 0. The molecule has 0 saturated heterocycles. The summed E-state index contributed by atoms with van der Waals surface area (Å²) in [7, 11) is 0. The van der Waals surface area contributed by atoms with Crippen molar-refractivity contribution in [3.05, 3.63) is 0 Å². The minimum atomic E-state index is 0. The summed E-state index contributed by atoms with van der Waals surface area (Å²) >= 11 is 0. The van der Waals surface area contributed by atoms with Gasteiger partial charge in [-0.25, -0.2) is 0 Å². The molecule has 0 N–H and O–H groups in total. The molecule has 0 nitrogen and oxygen atoms in total. The van der Waals surface area contributed by atoms with Crippen molar-refractivity contribution in [1.82, 2.24) is 0 Å². The summed E-state index contributed by atoms with van der Waals surface area (Å²) in [5, 5.41) is 0. The van der Waals surface area contributed by atoms with Gasteiger partial charge in [-0.2, -0.15) is 0 Å². The molecule has 0 unspecified atom stereocenters. The molecule has 0 bridgehead atoms. The van der Waals surface area contributed by atoms with Crippen molar-refractivity contribution in [3.63, 3.8) is 0 Å². The summed E-state index contributed by atoms with van der Waals surface area (Å²) in [6.07, 6.45) is 0. The largest absolute Gasteiger partial charge is 0 e. The Hall–Kier alpha value is 3.54. The second-order valence-corrected chi connectivity index (χ2v) is 0. The van der Waals surface area contributed by atoms with Gasteiger partial charge in [-0.3, -0.25) is 0 Å². The number of rotatable bonds is 0. The van der Waals surface area contributed by atoms with Crippen LogP contribution in [0.2, 0.25) is 0 Å². The number of hydrogen-bond acceptors (Lipinski definition) is 0. The summed E-state index contributed by atoms with van der Waals surface area (Å²) in [5.41, 5.74) is 0. The first-order chi connectivity index (χ1) is 0. The molecule has 0 aromatic carbocycles. The maximum absolute atomic E-state index is 0. The fourth-order valence-electron chi connectivity index (χ4n) is 0. The van der Waals surface area contributed by atoms with Gasteiger partial charge < -0.3 is 0 Å². The van der Waals surface area contributed by atoms with Crippen LogP contribution >= 0.6 is 0 Å². The molecule has 0 amide bonds. The second-order valence-electron chi connectivity index (χ2n) is 0. The topological polar surface area (TPSA) is 0 Å². The van der Waals surface area contributed by atoms with E-state index < -0.39 is 0 Å². The van der Waals surface area contributed by atoms with Crippen LogP contribution in [0.5, 0.6) is 0 Å². The smallest absolute Gasteiger partial charge is 0 e. The maximum atomic E-state index is 0. The molecule has 0 rings (SSSR count). The normalized spacial score (nSPS) is 0. The van der Waals surface area contributed by atoms with Crippen molar-refractivity contribution in [2.24, 2.45) is 0 Å². The quantitative estimate of drug-likeness (QED) is 0.324. The van der Waals surface area contributed by atoms with Gasteiger partial charge in [0.25, 0.3) is 0 Å². The average molecular weight is 569 g/mol. The molecule has 0 atom stereocenters. The van der Waals surface area contributed by atoms with Gasteiger partial charge in [0.15, 0.2) is 0 Å². The van der Waals surface area contributed by atoms with Crippen LogP contribution in [-0.2, 0) is 34.1 Å². The summed E-state index contributed by atoms with van der Waals surface area (Å²) in [6, 6.07) is 0. The summed E-state index contributed by atoms with van der Waals surface area (Å²) in [5.74, 6) is 0. The third-order valence-corrected chi connectivity index (χ3v) is 0. The van der Waals surface area contributed by atoms with Crippen molar-refractivity contribution < 1.29 is 34.1 Å². The Bertz CT molecular complexity index is 11.6.